The smallest absolute Gasteiger partial charge is 0.326 e. The molecule has 0 unspecified atom stereocenters. The highest BCUT2D eigenvalue weighted by molar-refractivity contribution is 5.96. The van der Waals surface area contributed by atoms with Crippen LogP contribution in [0.4, 0.5) is 5.69 Å². The SMILES string of the molecule is COC(=O)C(C(=O)OC)[C@@H](C)[C@H](NC(=O)Cc1cccc([N+](=O)[O-])c1)C(=O)O. The fraction of sp³-hybridized carbons (Fsp3) is 0.412. The highest BCUT2D eigenvalue weighted by Crippen LogP contribution is 2.20. The topological polar surface area (TPSA) is 162 Å². The van der Waals surface area contributed by atoms with Crippen LogP contribution >= 0.6 is 0 Å². The number of carbonyl (C=O) groups is 4. The molecule has 1 amide bonds. The van der Waals surface area contributed by atoms with Gasteiger partial charge in [-0.05, 0) is 5.56 Å². The second-order valence-corrected chi connectivity index (χ2v) is 5.87. The number of esters is 2. The lowest BCUT2D eigenvalue weighted by molar-refractivity contribution is -0.384. The summed E-state index contributed by atoms with van der Waals surface area (Å²) in [6, 6.07) is 3.69. The third-order valence-corrected chi connectivity index (χ3v) is 4.03. The number of nitro benzene ring substituents is 1. The fourth-order valence-electron chi connectivity index (χ4n) is 2.58. The van der Waals surface area contributed by atoms with Gasteiger partial charge in [0.15, 0.2) is 5.92 Å². The van der Waals surface area contributed by atoms with Crippen molar-refractivity contribution >= 4 is 29.5 Å². The Morgan fingerprint density at radius 1 is 1.18 bits per heavy atom. The molecule has 0 aliphatic carbocycles. The number of rotatable bonds is 9. The number of hydrogen-bond acceptors (Lipinski definition) is 8. The molecule has 28 heavy (non-hydrogen) atoms. The zero-order valence-corrected chi connectivity index (χ0v) is 15.4. The fourth-order valence-corrected chi connectivity index (χ4v) is 2.58. The summed E-state index contributed by atoms with van der Waals surface area (Å²) in [4.78, 5) is 57.7. The molecular weight excluding hydrogens is 376 g/mol. The Kier molecular flexibility index (Phi) is 8.05. The molecule has 0 spiro atoms. The molecule has 0 heterocycles. The Hall–Kier alpha value is -3.50. The largest absolute Gasteiger partial charge is 0.480 e. The van der Waals surface area contributed by atoms with Crippen LogP contribution in [0.15, 0.2) is 24.3 Å². The van der Waals surface area contributed by atoms with E-state index in [9.17, 15) is 34.4 Å². The first-order chi connectivity index (χ1) is 13.1. The first-order valence-corrected chi connectivity index (χ1v) is 8.03. The van der Waals surface area contributed by atoms with Gasteiger partial charge in [0.1, 0.15) is 6.04 Å². The summed E-state index contributed by atoms with van der Waals surface area (Å²) in [6.07, 6.45) is -0.334. The maximum absolute atomic E-state index is 12.2. The van der Waals surface area contributed by atoms with E-state index >= 15 is 0 Å². The lowest BCUT2D eigenvalue weighted by atomic mass is 9.87. The highest BCUT2D eigenvalue weighted by Gasteiger charge is 2.42. The number of carboxylic acids is 1. The molecule has 2 N–H and O–H groups in total. The second-order valence-electron chi connectivity index (χ2n) is 5.87. The van der Waals surface area contributed by atoms with E-state index < -0.39 is 46.6 Å². The van der Waals surface area contributed by atoms with Gasteiger partial charge in [0, 0.05) is 18.1 Å². The number of benzene rings is 1. The monoisotopic (exact) mass is 396 g/mol. The summed E-state index contributed by atoms with van der Waals surface area (Å²) in [7, 11) is 2.06. The van der Waals surface area contributed by atoms with Gasteiger partial charge in [-0.15, -0.1) is 0 Å². The molecule has 0 fully saturated rings. The summed E-state index contributed by atoms with van der Waals surface area (Å²) in [6.45, 7) is 1.28. The Labute approximate surface area is 159 Å². The number of carboxylic acid groups (broad SMARTS) is 1. The van der Waals surface area contributed by atoms with Crippen LogP contribution in [0.2, 0.25) is 0 Å². The van der Waals surface area contributed by atoms with Gasteiger partial charge in [0.25, 0.3) is 5.69 Å². The van der Waals surface area contributed by atoms with Crippen LogP contribution in [0.1, 0.15) is 12.5 Å². The van der Waals surface area contributed by atoms with Gasteiger partial charge in [-0.1, -0.05) is 19.1 Å². The molecule has 0 aliphatic heterocycles. The number of nitro groups is 1. The van der Waals surface area contributed by atoms with Crippen molar-refractivity contribution in [3.8, 4) is 0 Å². The number of ether oxygens (including phenoxy) is 2. The van der Waals surface area contributed by atoms with Gasteiger partial charge in [0.05, 0.1) is 25.6 Å². The molecule has 0 aromatic heterocycles. The highest BCUT2D eigenvalue weighted by atomic mass is 16.6. The van der Waals surface area contributed by atoms with E-state index in [4.69, 9.17) is 0 Å². The van der Waals surface area contributed by atoms with E-state index in [-0.39, 0.29) is 12.1 Å². The van der Waals surface area contributed by atoms with Crippen LogP contribution in [0, 0.1) is 22.0 Å². The molecule has 0 saturated carbocycles. The second kappa shape index (κ2) is 10.00. The Morgan fingerprint density at radius 2 is 1.75 bits per heavy atom. The summed E-state index contributed by atoms with van der Waals surface area (Å²) in [5, 5.41) is 22.4. The minimum absolute atomic E-state index is 0.218. The Bertz CT molecular complexity index is 762. The number of methoxy groups -OCH3 is 2. The van der Waals surface area contributed by atoms with Crippen molar-refractivity contribution < 1.29 is 38.7 Å². The molecule has 1 aromatic carbocycles. The summed E-state index contributed by atoms with van der Waals surface area (Å²) in [5.74, 6) is -6.98. The molecule has 0 aliphatic rings. The molecule has 1 rings (SSSR count). The van der Waals surface area contributed by atoms with Gasteiger partial charge >= 0.3 is 17.9 Å². The molecular formula is C17H20N2O9. The normalized spacial score (nSPS) is 12.6. The van der Waals surface area contributed by atoms with Crippen molar-refractivity contribution in [2.75, 3.05) is 14.2 Å². The summed E-state index contributed by atoms with van der Waals surface area (Å²) in [5.41, 5.74) is 0.0749. The number of nitrogens with one attached hydrogen (secondary N) is 1. The molecule has 1 aromatic rings. The minimum atomic E-state index is -1.60. The first kappa shape index (κ1) is 22.5. The van der Waals surface area contributed by atoms with Crippen LogP contribution in [0.5, 0.6) is 0 Å². The van der Waals surface area contributed by atoms with Crippen LogP contribution in [-0.2, 0) is 35.1 Å². The lowest BCUT2D eigenvalue weighted by Crippen LogP contribution is -2.50. The minimum Gasteiger partial charge on any atom is -0.480 e. The molecule has 0 saturated heterocycles. The van der Waals surface area contributed by atoms with Crippen molar-refractivity contribution in [1.82, 2.24) is 5.32 Å². The van der Waals surface area contributed by atoms with Crippen LogP contribution < -0.4 is 5.32 Å². The van der Waals surface area contributed by atoms with Gasteiger partial charge < -0.3 is 19.9 Å². The third-order valence-electron chi connectivity index (χ3n) is 4.03. The van der Waals surface area contributed by atoms with E-state index in [1.54, 1.807) is 0 Å². The van der Waals surface area contributed by atoms with E-state index in [2.05, 4.69) is 14.8 Å². The number of nitrogens with zero attached hydrogens (tertiary/aromatic N) is 1. The van der Waals surface area contributed by atoms with E-state index in [1.165, 1.54) is 31.2 Å². The Morgan fingerprint density at radius 3 is 2.21 bits per heavy atom. The third kappa shape index (κ3) is 5.76. The zero-order chi connectivity index (χ0) is 21.4. The number of amides is 1. The number of hydrogen-bond donors (Lipinski definition) is 2. The predicted octanol–water partition coefficient (Wildman–Crippen LogP) is 0.305. The molecule has 11 nitrogen and oxygen atoms in total. The van der Waals surface area contributed by atoms with E-state index in [1.807, 2.05) is 0 Å². The van der Waals surface area contributed by atoms with Crippen molar-refractivity contribution in [1.29, 1.82) is 0 Å². The Balaban J connectivity index is 2.99. The zero-order valence-electron chi connectivity index (χ0n) is 15.4. The maximum atomic E-state index is 12.2. The lowest BCUT2D eigenvalue weighted by Gasteiger charge is -2.26. The van der Waals surface area contributed by atoms with E-state index in [0.717, 1.165) is 14.2 Å². The van der Waals surface area contributed by atoms with Gasteiger partial charge in [-0.25, -0.2) is 4.79 Å². The van der Waals surface area contributed by atoms with Crippen LogP contribution in [0.25, 0.3) is 0 Å². The van der Waals surface area contributed by atoms with Gasteiger partial charge in [-0.2, -0.15) is 0 Å². The van der Waals surface area contributed by atoms with Gasteiger partial charge in [-0.3, -0.25) is 24.5 Å². The molecule has 2 atom stereocenters. The molecule has 0 radical (unpaired) electrons. The summed E-state index contributed by atoms with van der Waals surface area (Å²) < 4.78 is 9.03. The predicted molar refractivity (Wildman–Crippen MR) is 93.1 cm³/mol. The quantitative estimate of drug-likeness (QED) is 0.259. The average molecular weight is 396 g/mol. The van der Waals surface area contributed by atoms with Gasteiger partial charge in [0.2, 0.25) is 5.91 Å². The van der Waals surface area contributed by atoms with Crippen molar-refractivity contribution in [2.24, 2.45) is 11.8 Å². The summed E-state index contributed by atoms with van der Waals surface area (Å²) >= 11 is 0. The number of carbonyl (C=O) groups excluding carboxylic acids is 3. The first-order valence-electron chi connectivity index (χ1n) is 8.03. The maximum Gasteiger partial charge on any atom is 0.326 e. The molecule has 0 bridgehead atoms. The van der Waals surface area contributed by atoms with Crippen molar-refractivity contribution in [3.63, 3.8) is 0 Å². The number of aliphatic carboxylic acids is 1. The van der Waals surface area contributed by atoms with Crippen molar-refractivity contribution in [3.05, 3.63) is 39.9 Å². The van der Waals surface area contributed by atoms with E-state index in [0.29, 0.717) is 5.56 Å². The molecule has 11 heteroatoms. The number of non-ortho nitro benzene ring substituents is 1. The molecule has 152 valence electrons. The standard InChI is InChI=1S/C17H20N2O9/c1-9(13(16(23)27-2)17(24)28-3)14(15(21)22)18-12(20)8-10-5-4-6-11(7-10)19(25)26/h4-7,9,13-14H,8H2,1-3H3,(H,18,20)(H,21,22)/t9-,14+/m1/s1. The van der Waals surface area contributed by atoms with Crippen LogP contribution in [0.3, 0.4) is 0 Å². The average Bonchev–Trinajstić information content (AvgIpc) is 2.65. The van der Waals surface area contributed by atoms with Crippen LogP contribution in [-0.4, -0.2) is 54.1 Å². The van der Waals surface area contributed by atoms with Crippen molar-refractivity contribution in [2.45, 2.75) is 19.4 Å².